The number of nitrogens with one attached hydrogen (secondary N) is 1. The molecule has 3 nitrogen and oxygen atoms in total. The molecule has 0 amide bonds. The van der Waals surface area contributed by atoms with Crippen LogP contribution in [0.15, 0.2) is 24.3 Å². The Balaban J connectivity index is 2.09. The standard InChI is InChI=1S/C14H23NO2/c1-3-4-9-17-10-8-15-12-13-6-5-7-14(11-13)16-2/h5-7,11,15H,3-4,8-10,12H2,1-2H3. The highest BCUT2D eigenvalue weighted by molar-refractivity contribution is 5.28. The van der Waals surface area contributed by atoms with Gasteiger partial charge >= 0.3 is 0 Å². The summed E-state index contributed by atoms with van der Waals surface area (Å²) in [6, 6.07) is 8.10. The average molecular weight is 237 g/mol. The molecule has 0 heterocycles. The fraction of sp³-hybridized carbons (Fsp3) is 0.571. The number of benzene rings is 1. The molecule has 96 valence electrons. The summed E-state index contributed by atoms with van der Waals surface area (Å²) in [7, 11) is 1.69. The highest BCUT2D eigenvalue weighted by atomic mass is 16.5. The third kappa shape index (κ3) is 6.29. The summed E-state index contributed by atoms with van der Waals surface area (Å²) in [6.07, 6.45) is 2.34. The van der Waals surface area contributed by atoms with Crippen LogP contribution < -0.4 is 10.1 Å². The van der Waals surface area contributed by atoms with Crippen molar-refractivity contribution in [1.82, 2.24) is 5.32 Å². The van der Waals surface area contributed by atoms with Gasteiger partial charge in [0.1, 0.15) is 5.75 Å². The molecule has 1 aromatic rings. The molecule has 1 rings (SSSR count). The lowest BCUT2D eigenvalue weighted by atomic mass is 10.2. The Morgan fingerprint density at radius 2 is 2.12 bits per heavy atom. The molecule has 0 saturated carbocycles. The number of methoxy groups -OCH3 is 1. The molecule has 0 saturated heterocycles. The molecular weight excluding hydrogens is 214 g/mol. The Morgan fingerprint density at radius 3 is 2.88 bits per heavy atom. The van der Waals surface area contributed by atoms with E-state index in [2.05, 4.69) is 18.3 Å². The molecule has 0 unspecified atom stereocenters. The summed E-state index contributed by atoms with van der Waals surface area (Å²) in [5.74, 6) is 0.906. The molecule has 0 bridgehead atoms. The highest BCUT2D eigenvalue weighted by Crippen LogP contribution is 2.11. The van der Waals surface area contributed by atoms with E-state index >= 15 is 0 Å². The lowest BCUT2D eigenvalue weighted by molar-refractivity contribution is 0.133. The number of hydrogen-bond donors (Lipinski definition) is 1. The maximum absolute atomic E-state index is 5.47. The van der Waals surface area contributed by atoms with E-state index in [1.807, 2.05) is 18.2 Å². The Hall–Kier alpha value is -1.06. The number of ether oxygens (including phenoxy) is 2. The lowest BCUT2D eigenvalue weighted by Gasteiger charge is -2.07. The average Bonchev–Trinajstić information content (AvgIpc) is 2.38. The van der Waals surface area contributed by atoms with Crippen molar-refractivity contribution in [3.8, 4) is 5.75 Å². The second-order valence-corrected chi connectivity index (χ2v) is 3.99. The van der Waals surface area contributed by atoms with E-state index in [-0.39, 0.29) is 0 Å². The van der Waals surface area contributed by atoms with E-state index in [4.69, 9.17) is 9.47 Å². The summed E-state index contributed by atoms with van der Waals surface area (Å²) in [6.45, 7) is 5.57. The van der Waals surface area contributed by atoms with Crippen LogP contribution in [0.1, 0.15) is 25.3 Å². The molecule has 0 aliphatic rings. The van der Waals surface area contributed by atoms with Crippen LogP contribution >= 0.6 is 0 Å². The normalized spacial score (nSPS) is 10.5. The van der Waals surface area contributed by atoms with Crippen LogP contribution in [0.3, 0.4) is 0 Å². The molecule has 0 radical (unpaired) electrons. The minimum Gasteiger partial charge on any atom is -0.497 e. The van der Waals surface area contributed by atoms with Crippen molar-refractivity contribution in [1.29, 1.82) is 0 Å². The predicted molar refractivity (Wildman–Crippen MR) is 70.4 cm³/mol. The first-order valence-electron chi connectivity index (χ1n) is 6.28. The maximum Gasteiger partial charge on any atom is 0.119 e. The van der Waals surface area contributed by atoms with Gasteiger partial charge in [-0.1, -0.05) is 25.5 Å². The molecule has 0 spiro atoms. The van der Waals surface area contributed by atoms with Gasteiger partial charge in [-0.3, -0.25) is 0 Å². The zero-order chi connectivity index (χ0) is 12.3. The van der Waals surface area contributed by atoms with Gasteiger partial charge in [-0.2, -0.15) is 0 Å². The van der Waals surface area contributed by atoms with Gasteiger partial charge in [0, 0.05) is 19.7 Å². The van der Waals surface area contributed by atoms with E-state index in [9.17, 15) is 0 Å². The van der Waals surface area contributed by atoms with Gasteiger partial charge < -0.3 is 14.8 Å². The second kappa shape index (κ2) is 9.02. The summed E-state index contributed by atoms with van der Waals surface area (Å²) in [5, 5.41) is 3.35. The summed E-state index contributed by atoms with van der Waals surface area (Å²) >= 11 is 0. The Kier molecular flexibility index (Phi) is 7.43. The third-order valence-electron chi connectivity index (χ3n) is 2.53. The van der Waals surface area contributed by atoms with Crippen molar-refractivity contribution >= 4 is 0 Å². The van der Waals surface area contributed by atoms with E-state index in [1.165, 1.54) is 12.0 Å². The maximum atomic E-state index is 5.47. The van der Waals surface area contributed by atoms with Crippen LogP contribution in [0.25, 0.3) is 0 Å². The minimum atomic E-state index is 0.782. The monoisotopic (exact) mass is 237 g/mol. The van der Waals surface area contributed by atoms with E-state index in [0.717, 1.165) is 38.5 Å². The number of unbranched alkanes of at least 4 members (excludes halogenated alkanes) is 1. The van der Waals surface area contributed by atoms with Crippen molar-refractivity contribution in [2.24, 2.45) is 0 Å². The van der Waals surface area contributed by atoms with E-state index < -0.39 is 0 Å². The zero-order valence-corrected chi connectivity index (χ0v) is 10.9. The van der Waals surface area contributed by atoms with Crippen LogP contribution in [0.4, 0.5) is 0 Å². The smallest absolute Gasteiger partial charge is 0.119 e. The molecule has 17 heavy (non-hydrogen) atoms. The summed E-state index contributed by atoms with van der Waals surface area (Å²) < 4.78 is 10.6. The third-order valence-corrected chi connectivity index (χ3v) is 2.53. The van der Waals surface area contributed by atoms with Crippen molar-refractivity contribution in [2.75, 3.05) is 26.9 Å². The van der Waals surface area contributed by atoms with Crippen molar-refractivity contribution < 1.29 is 9.47 Å². The molecule has 0 aliphatic carbocycles. The largest absolute Gasteiger partial charge is 0.497 e. The fourth-order valence-electron chi connectivity index (χ4n) is 1.51. The molecule has 3 heteroatoms. The van der Waals surface area contributed by atoms with Gasteiger partial charge in [-0.25, -0.2) is 0 Å². The van der Waals surface area contributed by atoms with Crippen molar-refractivity contribution in [3.05, 3.63) is 29.8 Å². The number of rotatable bonds is 9. The summed E-state index contributed by atoms with van der Waals surface area (Å²) in [4.78, 5) is 0. The van der Waals surface area contributed by atoms with Gasteiger partial charge in [0.25, 0.3) is 0 Å². The van der Waals surface area contributed by atoms with Crippen molar-refractivity contribution in [3.63, 3.8) is 0 Å². The van der Waals surface area contributed by atoms with Gasteiger partial charge in [0.15, 0.2) is 0 Å². The molecule has 1 aromatic carbocycles. The Labute approximate surface area is 104 Å². The minimum absolute atomic E-state index is 0.782. The molecular formula is C14H23NO2. The quantitative estimate of drug-likeness (QED) is 0.670. The van der Waals surface area contributed by atoms with Crippen LogP contribution in [-0.2, 0) is 11.3 Å². The SMILES string of the molecule is CCCCOCCNCc1cccc(OC)c1. The van der Waals surface area contributed by atoms with Gasteiger partial charge in [0.2, 0.25) is 0 Å². The Morgan fingerprint density at radius 1 is 1.24 bits per heavy atom. The predicted octanol–water partition coefficient (Wildman–Crippen LogP) is 2.60. The number of hydrogen-bond acceptors (Lipinski definition) is 3. The van der Waals surface area contributed by atoms with Crippen LogP contribution in [0.2, 0.25) is 0 Å². The fourth-order valence-corrected chi connectivity index (χ4v) is 1.51. The molecule has 0 aromatic heterocycles. The van der Waals surface area contributed by atoms with Gasteiger partial charge in [0.05, 0.1) is 13.7 Å². The van der Waals surface area contributed by atoms with Crippen LogP contribution in [0.5, 0.6) is 5.75 Å². The van der Waals surface area contributed by atoms with Crippen LogP contribution in [0, 0.1) is 0 Å². The van der Waals surface area contributed by atoms with Gasteiger partial charge in [-0.05, 0) is 24.1 Å². The van der Waals surface area contributed by atoms with E-state index in [0.29, 0.717) is 0 Å². The first kappa shape index (κ1) is 14.0. The molecule has 0 atom stereocenters. The molecule has 0 aliphatic heterocycles. The lowest BCUT2D eigenvalue weighted by Crippen LogP contribution is -2.19. The van der Waals surface area contributed by atoms with Crippen molar-refractivity contribution in [2.45, 2.75) is 26.3 Å². The van der Waals surface area contributed by atoms with Crippen LogP contribution in [-0.4, -0.2) is 26.9 Å². The zero-order valence-electron chi connectivity index (χ0n) is 10.9. The molecule has 0 fully saturated rings. The Bertz CT molecular complexity index is 302. The second-order valence-electron chi connectivity index (χ2n) is 3.99. The first-order chi connectivity index (χ1) is 8.36. The molecule has 1 N–H and O–H groups in total. The highest BCUT2D eigenvalue weighted by Gasteiger charge is 1.95. The van der Waals surface area contributed by atoms with Gasteiger partial charge in [-0.15, -0.1) is 0 Å². The summed E-state index contributed by atoms with van der Waals surface area (Å²) in [5.41, 5.74) is 1.23. The van der Waals surface area contributed by atoms with E-state index in [1.54, 1.807) is 7.11 Å². The first-order valence-corrected chi connectivity index (χ1v) is 6.28. The topological polar surface area (TPSA) is 30.5 Å².